The van der Waals surface area contributed by atoms with Crippen LogP contribution in [0.25, 0.3) is 11.3 Å². The number of hydrazone groups is 1. The van der Waals surface area contributed by atoms with Crippen LogP contribution in [0.2, 0.25) is 0 Å². The molecule has 1 amide bonds. The van der Waals surface area contributed by atoms with Crippen molar-refractivity contribution in [3.8, 4) is 17.1 Å². The van der Waals surface area contributed by atoms with Crippen LogP contribution in [0.15, 0.2) is 70.2 Å². The lowest BCUT2D eigenvalue weighted by molar-refractivity contribution is -0.384. The number of aromatic hydroxyl groups is 1. The van der Waals surface area contributed by atoms with Crippen molar-refractivity contribution in [1.82, 2.24) is 5.43 Å². The van der Waals surface area contributed by atoms with Gasteiger partial charge in [0.2, 0.25) is 0 Å². The molecule has 0 aliphatic rings. The van der Waals surface area contributed by atoms with Gasteiger partial charge >= 0.3 is 0 Å². The molecule has 0 fully saturated rings. The standard InChI is InChI=1S/C18H13N3O5/c22-15-6-4-12(5-7-15)18(23)20-19-11-16-8-9-17(26-16)13-2-1-3-14(10-13)21(24)25/h1-11,22H,(H,20,23)/b19-11-. The Labute approximate surface area is 147 Å². The summed E-state index contributed by atoms with van der Waals surface area (Å²) in [5.41, 5.74) is 3.21. The number of nitro benzene ring substituents is 1. The van der Waals surface area contributed by atoms with Crippen LogP contribution in [0.5, 0.6) is 5.75 Å². The second-order valence-electron chi connectivity index (χ2n) is 5.26. The van der Waals surface area contributed by atoms with Gasteiger partial charge in [-0.1, -0.05) is 12.1 Å². The van der Waals surface area contributed by atoms with E-state index < -0.39 is 10.8 Å². The van der Waals surface area contributed by atoms with Gasteiger partial charge in [-0.25, -0.2) is 5.43 Å². The fourth-order valence-electron chi connectivity index (χ4n) is 2.18. The SMILES string of the molecule is O=C(N/N=C\c1ccc(-c2cccc([N+](=O)[O-])c2)o1)c1ccc(O)cc1. The number of non-ortho nitro benzene ring substituents is 1. The van der Waals surface area contributed by atoms with Crippen molar-refractivity contribution >= 4 is 17.8 Å². The summed E-state index contributed by atoms with van der Waals surface area (Å²) >= 11 is 0. The zero-order chi connectivity index (χ0) is 18.5. The van der Waals surface area contributed by atoms with E-state index in [9.17, 15) is 20.0 Å². The number of phenols is 1. The molecule has 0 radical (unpaired) electrons. The largest absolute Gasteiger partial charge is 0.508 e. The summed E-state index contributed by atoms with van der Waals surface area (Å²) in [6.45, 7) is 0. The predicted octanol–water partition coefficient (Wildman–Crippen LogP) is 3.32. The van der Waals surface area contributed by atoms with Crippen molar-refractivity contribution in [2.24, 2.45) is 5.10 Å². The lowest BCUT2D eigenvalue weighted by Gasteiger charge is -1.99. The van der Waals surface area contributed by atoms with Crippen molar-refractivity contribution in [1.29, 1.82) is 0 Å². The number of phenolic OH excluding ortho intramolecular Hbond substituents is 1. The number of carbonyl (C=O) groups excluding carboxylic acids is 1. The van der Waals surface area contributed by atoms with E-state index in [4.69, 9.17) is 4.42 Å². The van der Waals surface area contributed by atoms with Crippen LogP contribution in [-0.4, -0.2) is 22.2 Å². The Kier molecular flexibility index (Phi) is 4.75. The van der Waals surface area contributed by atoms with E-state index in [2.05, 4.69) is 10.5 Å². The maximum absolute atomic E-state index is 11.9. The molecule has 130 valence electrons. The smallest absolute Gasteiger partial charge is 0.271 e. The third kappa shape index (κ3) is 3.93. The molecule has 3 aromatic rings. The maximum atomic E-state index is 11.9. The Bertz CT molecular complexity index is 977. The minimum Gasteiger partial charge on any atom is -0.508 e. The quantitative estimate of drug-likeness (QED) is 0.415. The first-order valence-electron chi connectivity index (χ1n) is 7.50. The van der Waals surface area contributed by atoms with E-state index in [1.807, 2.05) is 0 Å². The third-order valence-corrected chi connectivity index (χ3v) is 3.46. The molecule has 8 nitrogen and oxygen atoms in total. The number of amides is 1. The second-order valence-corrected chi connectivity index (χ2v) is 5.26. The number of hydrogen-bond acceptors (Lipinski definition) is 6. The van der Waals surface area contributed by atoms with E-state index in [0.29, 0.717) is 22.6 Å². The fraction of sp³-hybridized carbons (Fsp3) is 0. The summed E-state index contributed by atoms with van der Waals surface area (Å²) in [5, 5.41) is 23.8. The highest BCUT2D eigenvalue weighted by Crippen LogP contribution is 2.25. The lowest BCUT2D eigenvalue weighted by atomic mass is 10.1. The molecule has 0 spiro atoms. The lowest BCUT2D eigenvalue weighted by Crippen LogP contribution is -2.17. The molecule has 0 saturated heterocycles. The zero-order valence-corrected chi connectivity index (χ0v) is 13.3. The van der Waals surface area contributed by atoms with Crippen molar-refractivity contribution < 1.29 is 19.2 Å². The van der Waals surface area contributed by atoms with Gasteiger partial charge in [0.25, 0.3) is 11.6 Å². The molecule has 0 bridgehead atoms. The molecule has 0 aliphatic carbocycles. The summed E-state index contributed by atoms with van der Waals surface area (Å²) in [6.07, 6.45) is 1.32. The van der Waals surface area contributed by atoms with Crippen molar-refractivity contribution in [3.63, 3.8) is 0 Å². The van der Waals surface area contributed by atoms with Gasteiger partial charge in [0.1, 0.15) is 17.3 Å². The third-order valence-electron chi connectivity index (χ3n) is 3.46. The number of nitrogens with one attached hydrogen (secondary N) is 1. The number of nitrogens with zero attached hydrogens (tertiary/aromatic N) is 2. The molecule has 2 aromatic carbocycles. The Morgan fingerprint density at radius 1 is 1.15 bits per heavy atom. The van der Waals surface area contributed by atoms with E-state index in [0.717, 1.165) is 0 Å². The summed E-state index contributed by atoms with van der Waals surface area (Å²) < 4.78 is 5.55. The van der Waals surface area contributed by atoms with Crippen LogP contribution >= 0.6 is 0 Å². The van der Waals surface area contributed by atoms with E-state index >= 15 is 0 Å². The van der Waals surface area contributed by atoms with E-state index in [1.165, 1.54) is 42.6 Å². The monoisotopic (exact) mass is 351 g/mol. The first-order chi connectivity index (χ1) is 12.5. The molecule has 2 N–H and O–H groups in total. The predicted molar refractivity (Wildman–Crippen MR) is 94.0 cm³/mol. The topological polar surface area (TPSA) is 118 Å². The second kappa shape index (κ2) is 7.31. The Hall–Kier alpha value is -3.94. The average molecular weight is 351 g/mol. The minimum atomic E-state index is -0.479. The molecule has 0 saturated carbocycles. The van der Waals surface area contributed by atoms with Crippen LogP contribution < -0.4 is 5.43 Å². The number of furan rings is 1. The van der Waals surface area contributed by atoms with Gasteiger partial charge in [-0.2, -0.15) is 5.10 Å². The summed E-state index contributed by atoms with van der Waals surface area (Å²) in [6, 6.07) is 15.1. The summed E-state index contributed by atoms with van der Waals surface area (Å²) in [7, 11) is 0. The first-order valence-corrected chi connectivity index (χ1v) is 7.50. The van der Waals surface area contributed by atoms with E-state index in [-0.39, 0.29) is 11.4 Å². The zero-order valence-electron chi connectivity index (χ0n) is 13.3. The summed E-state index contributed by atoms with van der Waals surface area (Å²) in [5.74, 6) is 0.443. The average Bonchev–Trinajstić information content (AvgIpc) is 3.11. The van der Waals surface area contributed by atoms with Crippen LogP contribution in [0.1, 0.15) is 16.1 Å². The van der Waals surface area contributed by atoms with Gasteiger partial charge < -0.3 is 9.52 Å². The van der Waals surface area contributed by atoms with Gasteiger partial charge in [0.15, 0.2) is 0 Å². The van der Waals surface area contributed by atoms with Crippen molar-refractivity contribution in [2.45, 2.75) is 0 Å². The Balaban J connectivity index is 1.67. The number of hydrogen-bond donors (Lipinski definition) is 2. The van der Waals surface area contributed by atoms with Gasteiger partial charge in [-0.15, -0.1) is 0 Å². The van der Waals surface area contributed by atoms with Gasteiger partial charge in [-0.3, -0.25) is 14.9 Å². The molecule has 1 aromatic heterocycles. The maximum Gasteiger partial charge on any atom is 0.271 e. The highest BCUT2D eigenvalue weighted by Gasteiger charge is 2.10. The van der Waals surface area contributed by atoms with Crippen LogP contribution in [0.4, 0.5) is 5.69 Å². The number of benzene rings is 2. The van der Waals surface area contributed by atoms with E-state index in [1.54, 1.807) is 24.3 Å². The molecule has 3 rings (SSSR count). The van der Waals surface area contributed by atoms with Gasteiger partial charge in [0.05, 0.1) is 11.1 Å². The summed E-state index contributed by atoms with van der Waals surface area (Å²) in [4.78, 5) is 22.2. The van der Waals surface area contributed by atoms with Crippen LogP contribution in [0, 0.1) is 10.1 Å². The highest BCUT2D eigenvalue weighted by molar-refractivity contribution is 5.94. The highest BCUT2D eigenvalue weighted by atomic mass is 16.6. The van der Waals surface area contributed by atoms with Gasteiger partial charge in [-0.05, 0) is 36.4 Å². The minimum absolute atomic E-state index is 0.0321. The van der Waals surface area contributed by atoms with Gasteiger partial charge in [0, 0.05) is 23.3 Å². The molecule has 0 atom stereocenters. The molecule has 0 unspecified atom stereocenters. The molecule has 8 heteroatoms. The first kappa shape index (κ1) is 16.9. The van der Waals surface area contributed by atoms with Crippen molar-refractivity contribution in [2.75, 3.05) is 0 Å². The molecule has 1 heterocycles. The van der Waals surface area contributed by atoms with Crippen LogP contribution in [-0.2, 0) is 0 Å². The molecule has 0 aliphatic heterocycles. The Morgan fingerprint density at radius 3 is 2.65 bits per heavy atom. The normalized spacial score (nSPS) is 10.8. The molecular formula is C18H13N3O5. The number of rotatable bonds is 5. The van der Waals surface area contributed by atoms with Crippen molar-refractivity contribution in [3.05, 3.63) is 82.1 Å². The van der Waals surface area contributed by atoms with Crippen LogP contribution in [0.3, 0.4) is 0 Å². The molecule has 26 heavy (non-hydrogen) atoms. The Morgan fingerprint density at radius 2 is 1.92 bits per heavy atom. The number of carbonyl (C=O) groups is 1. The fourth-order valence-corrected chi connectivity index (χ4v) is 2.18. The molecular weight excluding hydrogens is 338 g/mol. The number of nitro groups is 1.